The predicted molar refractivity (Wildman–Crippen MR) is 106 cm³/mol. The number of aromatic nitrogens is 1. The molecule has 2 aliphatic rings. The van der Waals surface area contributed by atoms with Crippen LogP contribution in [0.2, 0.25) is 0 Å². The Hall–Kier alpha value is -2.78. The Balaban J connectivity index is 1.52. The van der Waals surface area contributed by atoms with Gasteiger partial charge in [0.1, 0.15) is 12.1 Å². The van der Waals surface area contributed by atoms with Gasteiger partial charge in [0.15, 0.2) is 5.03 Å². The number of nitrogens with one attached hydrogen (secondary N) is 2. The fourth-order valence-corrected chi connectivity index (χ4v) is 4.60. The smallest absolute Gasteiger partial charge is 0.258 e. The summed E-state index contributed by atoms with van der Waals surface area (Å²) in [6.07, 6.45) is 3.49. The molecule has 1 aliphatic carbocycles. The molecular weight excluding hydrogens is 392 g/mol. The molecule has 9 heteroatoms. The topological polar surface area (TPSA) is 108 Å². The summed E-state index contributed by atoms with van der Waals surface area (Å²) in [6.45, 7) is 0.466. The number of carbonyl (C=O) groups excluding carboxylic acids is 2. The van der Waals surface area contributed by atoms with E-state index in [0.717, 1.165) is 12.8 Å². The van der Waals surface area contributed by atoms with Crippen LogP contribution < -0.4 is 10.0 Å². The lowest BCUT2D eigenvalue weighted by Gasteiger charge is -2.23. The van der Waals surface area contributed by atoms with Gasteiger partial charge in [0.05, 0.1) is 0 Å². The Bertz CT molecular complexity index is 994. The van der Waals surface area contributed by atoms with E-state index < -0.39 is 22.1 Å². The molecule has 4 rings (SSSR count). The maximum Gasteiger partial charge on any atom is 0.258 e. The molecule has 0 bridgehead atoms. The van der Waals surface area contributed by atoms with E-state index in [1.165, 1.54) is 17.2 Å². The molecule has 0 radical (unpaired) electrons. The average molecular weight is 414 g/mol. The summed E-state index contributed by atoms with van der Waals surface area (Å²) in [5.74, 6) is -0.313. The van der Waals surface area contributed by atoms with E-state index in [-0.39, 0.29) is 23.3 Å². The van der Waals surface area contributed by atoms with Gasteiger partial charge in [-0.1, -0.05) is 24.3 Å². The van der Waals surface area contributed by atoms with Gasteiger partial charge < -0.3 is 10.2 Å². The quantitative estimate of drug-likeness (QED) is 0.712. The van der Waals surface area contributed by atoms with Crippen LogP contribution in [-0.2, 0) is 19.6 Å². The predicted octanol–water partition coefficient (Wildman–Crippen LogP) is 1.38. The van der Waals surface area contributed by atoms with E-state index in [1.807, 2.05) is 6.07 Å². The van der Waals surface area contributed by atoms with Crippen molar-refractivity contribution >= 4 is 27.5 Å². The first-order chi connectivity index (χ1) is 13.9. The van der Waals surface area contributed by atoms with Crippen LogP contribution in [0.1, 0.15) is 19.3 Å². The van der Waals surface area contributed by atoms with Gasteiger partial charge in [-0.25, -0.2) is 13.4 Å². The van der Waals surface area contributed by atoms with E-state index in [9.17, 15) is 18.0 Å². The SMILES string of the molecule is O=C(Nc1ccccc1)[C@@H]1C[C@@H](NS(=O)(=O)c2ccccn2)C(=O)N1CC1CC1. The average Bonchev–Trinajstić information content (AvgIpc) is 3.49. The lowest BCUT2D eigenvalue weighted by molar-refractivity contribution is -0.134. The maximum atomic E-state index is 12.9. The number of amides is 2. The maximum absolute atomic E-state index is 12.9. The lowest BCUT2D eigenvalue weighted by atomic mass is 10.1. The number of hydrogen-bond acceptors (Lipinski definition) is 5. The minimum absolute atomic E-state index is 0.0796. The van der Waals surface area contributed by atoms with Crippen molar-refractivity contribution in [3.8, 4) is 0 Å². The summed E-state index contributed by atoms with van der Waals surface area (Å²) in [5, 5.41) is 2.67. The van der Waals surface area contributed by atoms with E-state index in [2.05, 4.69) is 15.0 Å². The van der Waals surface area contributed by atoms with Gasteiger partial charge in [-0.2, -0.15) is 4.72 Å². The molecule has 2 atom stereocenters. The third-order valence-electron chi connectivity index (χ3n) is 5.12. The zero-order valence-corrected chi connectivity index (χ0v) is 16.5. The molecule has 2 N–H and O–H groups in total. The van der Waals surface area contributed by atoms with E-state index in [0.29, 0.717) is 18.2 Å². The Morgan fingerprint density at radius 3 is 2.48 bits per heavy atom. The fourth-order valence-electron chi connectivity index (χ4n) is 3.45. The Kier molecular flexibility index (Phi) is 5.33. The zero-order valence-electron chi connectivity index (χ0n) is 15.7. The van der Waals surface area contributed by atoms with Gasteiger partial charge in [0.2, 0.25) is 11.8 Å². The highest BCUT2D eigenvalue weighted by atomic mass is 32.2. The van der Waals surface area contributed by atoms with Crippen LogP contribution in [0, 0.1) is 5.92 Å². The fraction of sp³-hybridized carbons (Fsp3) is 0.350. The highest BCUT2D eigenvalue weighted by Crippen LogP contribution is 2.33. The highest BCUT2D eigenvalue weighted by molar-refractivity contribution is 7.89. The van der Waals surface area contributed by atoms with Gasteiger partial charge in [-0.15, -0.1) is 0 Å². The molecule has 2 fully saturated rings. The van der Waals surface area contributed by atoms with Crippen molar-refractivity contribution in [3.05, 3.63) is 54.7 Å². The lowest BCUT2D eigenvalue weighted by Crippen LogP contribution is -2.44. The van der Waals surface area contributed by atoms with Crippen molar-refractivity contribution in [1.29, 1.82) is 0 Å². The molecule has 2 amide bonds. The Morgan fingerprint density at radius 2 is 1.83 bits per heavy atom. The molecule has 1 aliphatic heterocycles. The van der Waals surface area contributed by atoms with E-state index >= 15 is 0 Å². The van der Waals surface area contributed by atoms with Crippen molar-refractivity contribution in [2.24, 2.45) is 5.92 Å². The number of carbonyl (C=O) groups is 2. The number of pyridine rings is 1. The Labute approximate surface area is 169 Å². The number of sulfonamides is 1. The number of nitrogens with zero attached hydrogens (tertiary/aromatic N) is 2. The third-order valence-corrected chi connectivity index (χ3v) is 6.51. The molecule has 8 nitrogen and oxygen atoms in total. The molecule has 2 aromatic rings. The van der Waals surface area contributed by atoms with Gasteiger partial charge in [-0.05, 0) is 43.0 Å². The number of anilines is 1. The van der Waals surface area contributed by atoms with Crippen molar-refractivity contribution in [3.63, 3.8) is 0 Å². The Morgan fingerprint density at radius 1 is 1.10 bits per heavy atom. The molecule has 1 aromatic heterocycles. The number of benzene rings is 1. The second-order valence-electron chi connectivity index (χ2n) is 7.38. The number of likely N-dealkylation sites (tertiary alicyclic amines) is 1. The number of hydrogen-bond donors (Lipinski definition) is 2. The van der Waals surface area contributed by atoms with Crippen molar-refractivity contribution in [1.82, 2.24) is 14.6 Å². The van der Waals surface area contributed by atoms with E-state index in [1.54, 1.807) is 36.4 Å². The molecule has 1 aromatic carbocycles. The van der Waals surface area contributed by atoms with Crippen LogP contribution in [0.3, 0.4) is 0 Å². The van der Waals surface area contributed by atoms with Crippen molar-refractivity contribution in [2.75, 3.05) is 11.9 Å². The highest BCUT2D eigenvalue weighted by Gasteiger charge is 2.46. The number of rotatable bonds is 7. The summed E-state index contributed by atoms with van der Waals surface area (Å²) in [7, 11) is -3.96. The third kappa shape index (κ3) is 4.46. The van der Waals surface area contributed by atoms with Gasteiger partial charge in [0.25, 0.3) is 10.0 Å². The van der Waals surface area contributed by atoms with Crippen molar-refractivity contribution in [2.45, 2.75) is 36.4 Å². The van der Waals surface area contributed by atoms with Crippen LogP contribution >= 0.6 is 0 Å². The van der Waals surface area contributed by atoms with Gasteiger partial charge in [0, 0.05) is 24.8 Å². The minimum atomic E-state index is -3.96. The second kappa shape index (κ2) is 7.92. The molecule has 0 unspecified atom stereocenters. The van der Waals surface area contributed by atoms with Crippen LogP contribution in [0.5, 0.6) is 0 Å². The van der Waals surface area contributed by atoms with Crippen LogP contribution in [0.15, 0.2) is 59.8 Å². The molecule has 152 valence electrons. The van der Waals surface area contributed by atoms with Crippen LogP contribution in [0.25, 0.3) is 0 Å². The zero-order chi connectivity index (χ0) is 20.4. The minimum Gasteiger partial charge on any atom is -0.329 e. The molecular formula is C20H22N4O4S. The summed E-state index contributed by atoms with van der Waals surface area (Å²) in [5.41, 5.74) is 0.633. The van der Waals surface area contributed by atoms with Gasteiger partial charge in [-0.3, -0.25) is 9.59 Å². The first-order valence-corrected chi connectivity index (χ1v) is 11.0. The number of para-hydroxylation sites is 1. The van der Waals surface area contributed by atoms with Crippen LogP contribution in [0.4, 0.5) is 5.69 Å². The normalized spacial score (nSPS) is 21.9. The first-order valence-electron chi connectivity index (χ1n) is 9.54. The monoisotopic (exact) mass is 414 g/mol. The van der Waals surface area contributed by atoms with Crippen LogP contribution in [-0.4, -0.2) is 48.7 Å². The molecule has 2 heterocycles. The summed E-state index contributed by atoms with van der Waals surface area (Å²) < 4.78 is 27.6. The molecule has 0 spiro atoms. The molecule has 29 heavy (non-hydrogen) atoms. The largest absolute Gasteiger partial charge is 0.329 e. The summed E-state index contributed by atoms with van der Waals surface area (Å²) in [4.78, 5) is 31.2. The summed E-state index contributed by atoms with van der Waals surface area (Å²) in [6, 6.07) is 11.8. The first kappa shape index (κ1) is 19.5. The standard InChI is InChI=1S/C20H22N4O4S/c25-19(22-15-6-2-1-3-7-15)17-12-16(20(26)24(17)13-14-9-10-14)23-29(27,28)18-8-4-5-11-21-18/h1-8,11,14,16-17,23H,9-10,12-13H2,(H,22,25)/t16-,17+/m1/s1. The van der Waals surface area contributed by atoms with Gasteiger partial charge >= 0.3 is 0 Å². The molecule has 1 saturated carbocycles. The molecule has 1 saturated heterocycles. The second-order valence-corrected chi connectivity index (χ2v) is 9.04. The summed E-state index contributed by atoms with van der Waals surface area (Å²) >= 11 is 0. The van der Waals surface area contributed by atoms with E-state index in [4.69, 9.17) is 0 Å². The van der Waals surface area contributed by atoms with Crippen molar-refractivity contribution < 1.29 is 18.0 Å².